The molecule has 3 rings (SSSR count). The lowest BCUT2D eigenvalue weighted by Crippen LogP contribution is -2.19. The first kappa shape index (κ1) is 11.6. The Kier molecular flexibility index (Phi) is 3.43. The maximum atomic E-state index is 4.57. The highest BCUT2D eigenvalue weighted by Gasteiger charge is 2.35. The minimum absolute atomic E-state index is 0.752. The molecular weight excluding hydrogens is 296 g/mol. The van der Waals surface area contributed by atoms with Gasteiger partial charge in [-0.25, -0.2) is 0 Å². The molecule has 1 N–H and O–H groups in total. The van der Waals surface area contributed by atoms with Crippen LogP contribution in [-0.4, -0.2) is 17.0 Å². The van der Waals surface area contributed by atoms with Gasteiger partial charge in [0.25, 0.3) is 0 Å². The Labute approximate surface area is 114 Å². The van der Waals surface area contributed by atoms with Gasteiger partial charge < -0.3 is 5.32 Å². The van der Waals surface area contributed by atoms with Crippen LogP contribution in [0.4, 0.5) is 0 Å². The number of halogens is 1. The van der Waals surface area contributed by atoms with Gasteiger partial charge in [0.05, 0.1) is 6.54 Å². The molecule has 1 unspecified atom stereocenters. The average molecular weight is 311 g/mol. The summed E-state index contributed by atoms with van der Waals surface area (Å²) in [6.07, 6.45) is 2.82. The molecule has 0 radical (unpaired) electrons. The van der Waals surface area contributed by atoms with Gasteiger partial charge >= 0.3 is 0 Å². The van der Waals surface area contributed by atoms with Crippen LogP contribution in [0.1, 0.15) is 18.4 Å². The maximum Gasteiger partial charge on any atom is 0.157 e. The van der Waals surface area contributed by atoms with E-state index in [0.717, 1.165) is 33.9 Å². The molecule has 1 aliphatic heterocycles. The van der Waals surface area contributed by atoms with Crippen LogP contribution in [0.15, 0.2) is 33.7 Å². The van der Waals surface area contributed by atoms with Crippen molar-refractivity contribution >= 4 is 32.9 Å². The van der Waals surface area contributed by atoms with Gasteiger partial charge in [0.1, 0.15) is 0 Å². The fourth-order valence-corrected chi connectivity index (χ4v) is 3.45. The quantitative estimate of drug-likeness (QED) is 0.925. The largest absolute Gasteiger partial charge is 0.361 e. The van der Waals surface area contributed by atoms with E-state index in [2.05, 4.69) is 50.5 Å². The number of nitrogens with one attached hydrogen (secondary N) is 1. The fraction of sp³-hybridized carbons (Fsp3) is 0.462. The Hall–Kier alpha value is -0.480. The highest BCUT2D eigenvalue weighted by molar-refractivity contribution is 9.10. The normalized spacial score (nSPS) is 23.6. The van der Waals surface area contributed by atoms with E-state index in [1.165, 1.54) is 18.4 Å². The summed E-state index contributed by atoms with van der Waals surface area (Å²) in [7, 11) is 0. The van der Waals surface area contributed by atoms with Crippen LogP contribution in [0.2, 0.25) is 0 Å². The van der Waals surface area contributed by atoms with Crippen LogP contribution in [0, 0.1) is 5.92 Å². The topological polar surface area (TPSA) is 24.4 Å². The van der Waals surface area contributed by atoms with Gasteiger partial charge in [-0.2, -0.15) is 0 Å². The number of rotatable bonds is 3. The molecule has 1 saturated carbocycles. The van der Waals surface area contributed by atoms with E-state index in [9.17, 15) is 0 Å². The van der Waals surface area contributed by atoms with Crippen LogP contribution in [-0.2, 0) is 6.54 Å². The number of hydrogen-bond donors (Lipinski definition) is 1. The molecular formula is C13H15BrN2S. The van der Waals surface area contributed by atoms with Crippen molar-refractivity contribution < 1.29 is 0 Å². The Bertz CT molecular complexity index is 426. The summed E-state index contributed by atoms with van der Waals surface area (Å²) >= 11 is 5.38. The predicted molar refractivity (Wildman–Crippen MR) is 77.4 cm³/mol. The highest BCUT2D eigenvalue weighted by Crippen LogP contribution is 2.41. The van der Waals surface area contributed by atoms with Crippen molar-refractivity contribution in [3.8, 4) is 0 Å². The molecule has 1 fully saturated rings. The molecule has 1 aromatic carbocycles. The summed E-state index contributed by atoms with van der Waals surface area (Å²) in [5, 5.41) is 5.31. The predicted octanol–water partition coefficient (Wildman–Crippen LogP) is 3.42. The lowest BCUT2D eigenvalue weighted by atomic mass is 10.2. The lowest BCUT2D eigenvalue weighted by Gasteiger charge is -2.07. The van der Waals surface area contributed by atoms with Crippen molar-refractivity contribution in [1.29, 1.82) is 0 Å². The molecule has 4 heteroatoms. The SMILES string of the molecule is Brc1ccc(CNC2=NCC(C3CC3)S2)cc1. The smallest absolute Gasteiger partial charge is 0.157 e. The zero-order valence-electron chi connectivity index (χ0n) is 9.53. The minimum Gasteiger partial charge on any atom is -0.361 e. The zero-order chi connectivity index (χ0) is 11.7. The molecule has 2 nitrogen and oxygen atoms in total. The van der Waals surface area contributed by atoms with Crippen molar-refractivity contribution in [3.05, 3.63) is 34.3 Å². The first-order chi connectivity index (χ1) is 8.31. The molecule has 0 aromatic heterocycles. The molecule has 1 atom stereocenters. The van der Waals surface area contributed by atoms with Gasteiger partial charge in [-0.1, -0.05) is 39.8 Å². The molecule has 1 heterocycles. The Balaban J connectivity index is 1.49. The Morgan fingerprint density at radius 2 is 2.06 bits per heavy atom. The standard InChI is InChI=1S/C13H15BrN2S/c14-11-5-1-9(2-6-11)7-15-13-16-8-12(17-13)10-3-4-10/h1-2,5-6,10,12H,3-4,7-8H2,(H,15,16). The third-order valence-corrected chi connectivity index (χ3v) is 5.04. The number of nitrogens with zero attached hydrogens (tertiary/aromatic N) is 1. The van der Waals surface area contributed by atoms with E-state index in [1.54, 1.807) is 0 Å². The molecule has 1 aromatic rings. The van der Waals surface area contributed by atoms with E-state index in [-0.39, 0.29) is 0 Å². The van der Waals surface area contributed by atoms with E-state index in [0.29, 0.717) is 0 Å². The van der Waals surface area contributed by atoms with Gasteiger partial charge in [-0.3, -0.25) is 4.99 Å². The minimum atomic E-state index is 0.752. The van der Waals surface area contributed by atoms with Gasteiger partial charge in [0, 0.05) is 16.3 Å². The van der Waals surface area contributed by atoms with E-state index < -0.39 is 0 Å². The maximum absolute atomic E-state index is 4.57. The van der Waals surface area contributed by atoms with E-state index in [1.807, 2.05) is 11.8 Å². The third kappa shape index (κ3) is 3.05. The lowest BCUT2D eigenvalue weighted by molar-refractivity contribution is 0.772. The second kappa shape index (κ2) is 5.02. The molecule has 0 bridgehead atoms. The fourth-order valence-electron chi connectivity index (χ4n) is 1.98. The second-order valence-corrected chi connectivity index (χ2v) is 6.76. The zero-order valence-corrected chi connectivity index (χ0v) is 11.9. The molecule has 2 aliphatic rings. The van der Waals surface area contributed by atoms with Gasteiger partial charge in [-0.15, -0.1) is 0 Å². The Morgan fingerprint density at radius 3 is 2.76 bits per heavy atom. The molecule has 17 heavy (non-hydrogen) atoms. The molecule has 1 aliphatic carbocycles. The van der Waals surface area contributed by atoms with Crippen molar-refractivity contribution in [1.82, 2.24) is 5.32 Å². The van der Waals surface area contributed by atoms with Crippen molar-refractivity contribution in [2.75, 3.05) is 6.54 Å². The Morgan fingerprint density at radius 1 is 1.29 bits per heavy atom. The molecule has 90 valence electrons. The second-order valence-electron chi connectivity index (χ2n) is 4.62. The summed E-state index contributed by atoms with van der Waals surface area (Å²) in [6, 6.07) is 8.42. The van der Waals surface area contributed by atoms with Crippen LogP contribution in [0.3, 0.4) is 0 Å². The summed E-state index contributed by atoms with van der Waals surface area (Å²) in [5.74, 6) is 0.940. The van der Waals surface area contributed by atoms with Crippen molar-refractivity contribution in [3.63, 3.8) is 0 Å². The summed E-state index contributed by atoms with van der Waals surface area (Å²) in [6.45, 7) is 1.88. The van der Waals surface area contributed by atoms with Crippen LogP contribution in [0.5, 0.6) is 0 Å². The molecule has 0 saturated heterocycles. The number of amidine groups is 1. The molecule has 0 amide bonds. The van der Waals surface area contributed by atoms with Gasteiger partial charge in [0.15, 0.2) is 5.17 Å². The number of aliphatic imine (C=N–C) groups is 1. The summed E-state index contributed by atoms with van der Waals surface area (Å²) in [4.78, 5) is 4.57. The van der Waals surface area contributed by atoms with Crippen LogP contribution >= 0.6 is 27.7 Å². The van der Waals surface area contributed by atoms with Crippen LogP contribution in [0.25, 0.3) is 0 Å². The van der Waals surface area contributed by atoms with Crippen molar-refractivity contribution in [2.24, 2.45) is 10.9 Å². The van der Waals surface area contributed by atoms with E-state index >= 15 is 0 Å². The summed E-state index contributed by atoms with van der Waals surface area (Å²) in [5.41, 5.74) is 1.30. The molecule has 0 spiro atoms. The number of hydrogen-bond acceptors (Lipinski definition) is 3. The van der Waals surface area contributed by atoms with Crippen molar-refractivity contribution in [2.45, 2.75) is 24.6 Å². The van der Waals surface area contributed by atoms with Gasteiger partial charge in [0.2, 0.25) is 0 Å². The number of thioether (sulfide) groups is 1. The summed E-state index contributed by atoms with van der Waals surface area (Å²) < 4.78 is 1.13. The highest BCUT2D eigenvalue weighted by atomic mass is 79.9. The van der Waals surface area contributed by atoms with Gasteiger partial charge in [-0.05, 0) is 36.5 Å². The number of benzene rings is 1. The third-order valence-electron chi connectivity index (χ3n) is 3.18. The van der Waals surface area contributed by atoms with Crippen LogP contribution < -0.4 is 5.32 Å². The van der Waals surface area contributed by atoms with E-state index in [4.69, 9.17) is 0 Å². The monoisotopic (exact) mass is 310 g/mol. The first-order valence-electron chi connectivity index (χ1n) is 6.01. The first-order valence-corrected chi connectivity index (χ1v) is 7.68. The average Bonchev–Trinajstić information content (AvgIpc) is 3.09.